The molecule has 0 aromatic heterocycles. The van der Waals surface area contributed by atoms with Crippen molar-refractivity contribution in [2.45, 2.75) is 20.5 Å². The Morgan fingerprint density at radius 1 is 1.00 bits per heavy atom. The third kappa shape index (κ3) is 6.00. The van der Waals surface area contributed by atoms with Gasteiger partial charge in [0.25, 0.3) is 5.91 Å². The Hall–Kier alpha value is -3.84. The number of carbonyl (C=O) groups is 1. The average Bonchev–Trinajstić information content (AvgIpc) is 2.84. The molecule has 178 valence electrons. The van der Waals surface area contributed by atoms with Gasteiger partial charge < -0.3 is 14.6 Å². The number of ether oxygens (including phenoxy) is 2. The van der Waals surface area contributed by atoms with Gasteiger partial charge in [-0.2, -0.15) is 5.10 Å². The highest BCUT2D eigenvalue weighted by Crippen LogP contribution is 2.34. The fraction of sp³-hybridized carbons (Fsp3) is 0.143. The molecule has 1 amide bonds. The standard InChI is InChI=1S/C28H25BrN2O4/c1-3-34-26-14-22(24(29)15-27(26)35-17-19-8-6-7-18(2)11-19)16-30-31-28(33)23-12-20-9-4-5-10-21(20)13-25(23)32/h4-16,32H,3,17H2,1-2H3,(H,31,33). The van der Waals surface area contributed by atoms with Crippen LogP contribution in [0.3, 0.4) is 0 Å². The van der Waals surface area contributed by atoms with E-state index in [1.165, 1.54) is 11.8 Å². The zero-order valence-corrected chi connectivity index (χ0v) is 21.0. The van der Waals surface area contributed by atoms with Crippen LogP contribution in [0.4, 0.5) is 0 Å². The molecule has 0 saturated heterocycles. The quantitative estimate of drug-likeness (QED) is 0.204. The second kappa shape index (κ2) is 11.1. The van der Waals surface area contributed by atoms with E-state index in [9.17, 15) is 9.90 Å². The zero-order valence-electron chi connectivity index (χ0n) is 19.4. The van der Waals surface area contributed by atoms with Crippen LogP contribution < -0.4 is 14.9 Å². The number of phenols is 1. The SMILES string of the molecule is CCOc1cc(C=NNC(=O)c2cc3ccccc3cc2O)c(Br)cc1OCc1cccc(C)c1. The number of phenolic OH excluding ortho intramolecular Hbond substituents is 1. The van der Waals surface area contributed by atoms with Gasteiger partial charge in [0.15, 0.2) is 11.5 Å². The van der Waals surface area contributed by atoms with Gasteiger partial charge in [-0.3, -0.25) is 4.79 Å². The van der Waals surface area contributed by atoms with Crippen molar-refractivity contribution in [3.05, 3.63) is 99.5 Å². The first kappa shape index (κ1) is 24.3. The molecule has 4 rings (SSSR count). The molecule has 7 heteroatoms. The fourth-order valence-electron chi connectivity index (χ4n) is 3.62. The topological polar surface area (TPSA) is 80.2 Å². The van der Waals surface area contributed by atoms with Crippen molar-refractivity contribution in [3.8, 4) is 17.2 Å². The van der Waals surface area contributed by atoms with Gasteiger partial charge in [-0.25, -0.2) is 5.43 Å². The number of hydrogen-bond acceptors (Lipinski definition) is 5. The van der Waals surface area contributed by atoms with Crippen LogP contribution in [-0.2, 0) is 6.61 Å². The molecule has 0 aliphatic heterocycles. The number of hydrazone groups is 1. The molecule has 2 N–H and O–H groups in total. The van der Waals surface area contributed by atoms with E-state index < -0.39 is 5.91 Å². The highest BCUT2D eigenvalue weighted by Gasteiger charge is 2.13. The highest BCUT2D eigenvalue weighted by molar-refractivity contribution is 9.10. The molecule has 0 aliphatic carbocycles. The summed E-state index contributed by atoms with van der Waals surface area (Å²) in [5.41, 5.74) is 5.55. The van der Waals surface area contributed by atoms with E-state index in [4.69, 9.17) is 9.47 Å². The number of amides is 1. The van der Waals surface area contributed by atoms with Gasteiger partial charge in [0, 0.05) is 10.0 Å². The van der Waals surface area contributed by atoms with Crippen LogP contribution in [0, 0.1) is 6.92 Å². The average molecular weight is 533 g/mol. The molecule has 4 aromatic carbocycles. The summed E-state index contributed by atoms with van der Waals surface area (Å²) >= 11 is 3.54. The van der Waals surface area contributed by atoms with Crippen molar-refractivity contribution < 1.29 is 19.4 Å². The lowest BCUT2D eigenvalue weighted by atomic mass is 10.1. The maximum atomic E-state index is 12.6. The summed E-state index contributed by atoms with van der Waals surface area (Å²) < 4.78 is 12.5. The van der Waals surface area contributed by atoms with Crippen LogP contribution >= 0.6 is 15.9 Å². The minimum absolute atomic E-state index is 0.105. The summed E-state index contributed by atoms with van der Waals surface area (Å²) in [7, 11) is 0. The molecule has 0 heterocycles. The number of carbonyl (C=O) groups excluding carboxylic acids is 1. The number of nitrogens with one attached hydrogen (secondary N) is 1. The first-order valence-electron chi connectivity index (χ1n) is 11.1. The van der Waals surface area contributed by atoms with Crippen molar-refractivity contribution in [1.29, 1.82) is 0 Å². The second-order valence-electron chi connectivity index (χ2n) is 7.95. The smallest absolute Gasteiger partial charge is 0.275 e. The van der Waals surface area contributed by atoms with Gasteiger partial charge in [-0.15, -0.1) is 0 Å². The summed E-state index contributed by atoms with van der Waals surface area (Å²) in [6.07, 6.45) is 1.51. The van der Waals surface area contributed by atoms with Crippen LogP contribution in [0.25, 0.3) is 10.8 Å². The summed E-state index contributed by atoms with van der Waals surface area (Å²) in [4.78, 5) is 12.6. The summed E-state index contributed by atoms with van der Waals surface area (Å²) in [5, 5.41) is 16.0. The van der Waals surface area contributed by atoms with Gasteiger partial charge in [0.2, 0.25) is 0 Å². The lowest BCUT2D eigenvalue weighted by Gasteiger charge is -2.14. The predicted octanol–water partition coefficient (Wildman–Crippen LogP) is 6.36. The number of hydrogen-bond donors (Lipinski definition) is 2. The van der Waals surface area contributed by atoms with Crippen LogP contribution in [0.15, 0.2) is 82.4 Å². The van der Waals surface area contributed by atoms with E-state index in [2.05, 4.69) is 32.5 Å². The zero-order chi connectivity index (χ0) is 24.8. The number of aryl methyl sites for hydroxylation is 1. The van der Waals surface area contributed by atoms with E-state index >= 15 is 0 Å². The highest BCUT2D eigenvalue weighted by atomic mass is 79.9. The lowest BCUT2D eigenvalue weighted by molar-refractivity contribution is 0.0952. The van der Waals surface area contributed by atoms with Crippen LogP contribution in [0.1, 0.15) is 34.0 Å². The maximum Gasteiger partial charge on any atom is 0.275 e. The summed E-state index contributed by atoms with van der Waals surface area (Å²) in [5.74, 6) is 0.556. The number of nitrogens with zero attached hydrogens (tertiary/aromatic N) is 1. The summed E-state index contributed by atoms with van der Waals surface area (Å²) in [6, 6.07) is 22.4. The van der Waals surface area contributed by atoms with Gasteiger partial charge >= 0.3 is 0 Å². The van der Waals surface area contributed by atoms with E-state index in [0.717, 1.165) is 20.8 Å². The van der Waals surface area contributed by atoms with E-state index in [1.807, 2.05) is 62.4 Å². The Morgan fingerprint density at radius 3 is 2.49 bits per heavy atom. The molecule has 0 bridgehead atoms. The molecule has 6 nitrogen and oxygen atoms in total. The van der Waals surface area contributed by atoms with E-state index in [-0.39, 0.29) is 11.3 Å². The summed E-state index contributed by atoms with van der Waals surface area (Å²) in [6.45, 7) is 4.82. The Bertz CT molecular complexity index is 1400. The van der Waals surface area contributed by atoms with Crippen LogP contribution in [-0.4, -0.2) is 23.8 Å². The van der Waals surface area contributed by atoms with Crippen LogP contribution in [0.2, 0.25) is 0 Å². The molecule has 0 fully saturated rings. The molecule has 0 unspecified atom stereocenters. The Morgan fingerprint density at radius 2 is 1.74 bits per heavy atom. The van der Waals surface area contributed by atoms with Gasteiger partial charge in [-0.05, 0) is 70.4 Å². The predicted molar refractivity (Wildman–Crippen MR) is 141 cm³/mol. The van der Waals surface area contributed by atoms with Crippen molar-refractivity contribution in [2.75, 3.05) is 6.61 Å². The number of rotatable bonds is 8. The van der Waals surface area contributed by atoms with Crippen molar-refractivity contribution in [3.63, 3.8) is 0 Å². The number of halogens is 1. The molecule has 4 aromatic rings. The minimum Gasteiger partial charge on any atom is -0.507 e. The first-order chi connectivity index (χ1) is 16.9. The van der Waals surface area contributed by atoms with Gasteiger partial charge in [0.05, 0.1) is 18.4 Å². The number of benzene rings is 4. The van der Waals surface area contributed by atoms with Crippen molar-refractivity contribution in [2.24, 2.45) is 5.10 Å². The lowest BCUT2D eigenvalue weighted by Crippen LogP contribution is -2.17. The molecule has 0 spiro atoms. The fourth-order valence-corrected chi connectivity index (χ4v) is 4.05. The van der Waals surface area contributed by atoms with Crippen molar-refractivity contribution >= 4 is 38.8 Å². The largest absolute Gasteiger partial charge is 0.507 e. The molecular formula is C28H25BrN2O4. The van der Waals surface area contributed by atoms with Crippen LogP contribution in [0.5, 0.6) is 17.2 Å². The second-order valence-corrected chi connectivity index (χ2v) is 8.80. The molecular weight excluding hydrogens is 508 g/mol. The monoisotopic (exact) mass is 532 g/mol. The third-order valence-electron chi connectivity index (χ3n) is 5.32. The Kier molecular flexibility index (Phi) is 7.67. The third-order valence-corrected chi connectivity index (χ3v) is 6.00. The van der Waals surface area contributed by atoms with E-state index in [1.54, 1.807) is 18.2 Å². The Labute approximate surface area is 212 Å². The van der Waals surface area contributed by atoms with Gasteiger partial charge in [-0.1, -0.05) is 54.1 Å². The number of fused-ring (bicyclic) bond motifs is 1. The number of aromatic hydroxyl groups is 1. The first-order valence-corrected chi connectivity index (χ1v) is 11.9. The molecule has 35 heavy (non-hydrogen) atoms. The van der Waals surface area contributed by atoms with Gasteiger partial charge in [0.1, 0.15) is 12.4 Å². The van der Waals surface area contributed by atoms with Crippen molar-refractivity contribution in [1.82, 2.24) is 5.43 Å². The normalized spacial score (nSPS) is 11.1. The molecule has 0 saturated carbocycles. The van der Waals surface area contributed by atoms with E-state index in [0.29, 0.717) is 30.3 Å². The maximum absolute atomic E-state index is 12.6. The minimum atomic E-state index is -0.510. The Balaban J connectivity index is 1.49. The molecule has 0 aliphatic rings. The molecule has 0 radical (unpaired) electrons. The molecule has 0 atom stereocenters.